The molecule has 0 heterocycles. The van der Waals surface area contributed by atoms with Crippen molar-refractivity contribution < 1.29 is 14.3 Å². The van der Waals surface area contributed by atoms with Gasteiger partial charge in [-0.2, -0.15) is 0 Å². The normalized spacial score (nSPS) is 12.7. The lowest BCUT2D eigenvalue weighted by molar-refractivity contribution is 0.0650. The zero-order valence-electron chi connectivity index (χ0n) is 12.3. The number of carbonyl (C=O) groups excluding carboxylic acids is 1. The van der Waals surface area contributed by atoms with Gasteiger partial charge in [-0.3, -0.25) is 9.69 Å². The zero-order chi connectivity index (χ0) is 15.0. The Morgan fingerprint density at radius 2 is 2.00 bits per heavy atom. The van der Waals surface area contributed by atoms with Crippen molar-refractivity contribution in [2.75, 3.05) is 40.5 Å². The summed E-state index contributed by atoms with van der Waals surface area (Å²) >= 11 is 3.42. The third-order valence-corrected chi connectivity index (χ3v) is 3.83. The second-order valence-electron chi connectivity index (χ2n) is 4.67. The molecule has 0 saturated carbocycles. The van der Waals surface area contributed by atoms with Gasteiger partial charge < -0.3 is 9.47 Å². The first-order valence-corrected chi connectivity index (χ1v) is 7.39. The summed E-state index contributed by atoms with van der Waals surface area (Å²) in [4.78, 5) is 14.5. The predicted molar refractivity (Wildman–Crippen MR) is 83.3 cm³/mol. The van der Waals surface area contributed by atoms with E-state index in [0.29, 0.717) is 31.9 Å². The first-order valence-electron chi connectivity index (χ1n) is 6.59. The van der Waals surface area contributed by atoms with Gasteiger partial charge in [0.05, 0.1) is 19.8 Å². The molecule has 0 aliphatic carbocycles. The van der Waals surface area contributed by atoms with Crippen LogP contribution >= 0.6 is 15.9 Å². The molecule has 1 aromatic rings. The van der Waals surface area contributed by atoms with Crippen LogP contribution in [-0.2, 0) is 9.47 Å². The van der Waals surface area contributed by atoms with Crippen molar-refractivity contribution >= 4 is 21.7 Å². The topological polar surface area (TPSA) is 38.8 Å². The maximum Gasteiger partial charge on any atom is 0.177 e. The number of hydrogen-bond acceptors (Lipinski definition) is 4. The van der Waals surface area contributed by atoms with E-state index in [4.69, 9.17) is 9.47 Å². The van der Waals surface area contributed by atoms with Crippen LogP contribution in [0.3, 0.4) is 0 Å². The monoisotopic (exact) mass is 343 g/mol. The van der Waals surface area contributed by atoms with Crippen molar-refractivity contribution in [3.8, 4) is 0 Å². The first-order chi connectivity index (χ1) is 9.60. The average Bonchev–Trinajstić information content (AvgIpc) is 2.43. The number of ketones is 1. The van der Waals surface area contributed by atoms with Gasteiger partial charge in [-0.15, -0.1) is 0 Å². The molecule has 0 bridgehead atoms. The molecule has 1 unspecified atom stereocenters. The molecular weight excluding hydrogens is 322 g/mol. The van der Waals surface area contributed by atoms with Crippen LogP contribution in [0.25, 0.3) is 0 Å². The minimum atomic E-state index is 0.0940. The van der Waals surface area contributed by atoms with E-state index in [9.17, 15) is 4.79 Å². The summed E-state index contributed by atoms with van der Waals surface area (Å²) in [7, 11) is 3.33. The molecule has 0 spiro atoms. The summed E-state index contributed by atoms with van der Waals surface area (Å²) in [6.07, 6.45) is 0. The molecule has 0 fully saturated rings. The smallest absolute Gasteiger partial charge is 0.177 e. The first kappa shape index (κ1) is 17.3. The van der Waals surface area contributed by atoms with Crippen molar-refractivity contribution in [2.45, 2.75) is 13.0 Å². The van der Waals surface area contributed by atoms with Gasteiger partial charge in [0.1, 0.15) is 0 Å². The van der Waals surface area contributed by atoms with E-state index in [1.165, 1.54) is 0 Å². The summed E-state index contributed by atoms with van der Waals surface area (Å²) < 4.78 is 11.1. The van der Waals surface area contributed by atoms with Gasteiger partial charge in [-0.1, -0.05) is 34.1 Å². The number of hydrogen-bond donors (Lipinski definition) is 0. The Morgan fingerprint density at radius 3 is 2.60 bits per heavy atom. The molecule has 4 nitrogen and oxygen atoms in total. The Hall–Kier alpha value is -0.750. The van der Waals surface area contributed by atoms with Gasteiger partial charge in [0.2, 0.25) is 0 Å². The minimum Gasteiger partial charge on any atom is -0.383 e. The van der Waals surface area contributed by atoms with Crippen LogP contribution in [0.2, 0.25) is 0 Å². The molecule has 0 aliphatic heterocycles. The zero-order valence-corrected chi connectivity index (χ0v) is 13.9. The SMILES string of the molecule is COCCN(CC(=O)c1ccccc1Br)C(C)COC. The minimum absolute atomic E-state index is 0.0940. The summed E-state index contributed by atoms with van der Waals surface area (Å²) in [5, 5.41) is 0. The second-order valence-corrected chi connectivity index (χ2v) is 5.52. The Morgan fingerprint density at radius 1 is 1.30 bits per heavy atom. The van der Waals surface area contributed by atoms with Crippen molar-refractivity contribution in [3.63, 3.8) is 0 Å². The third kappa shape index (κ3) is 5.32. The van der Waals surface area contributed by atoms with Gasteiger partial charge in [-0.25, -0.2) is 0 Å². The molecule has 0 aliphatic rings. The molecule has 1 rings (SSSR count). The van der Waals surface area contributed by atoms with Crippen molar-refractivity contribution in [2.24, 2.45) is 0 Å². The lowest BCUT2D eigenvalue weighted by Gasteiger charge is -2.27. The van der Waals surface area contributed by atoms with Gasteiger partial charge in [0.25, 0.3) is 0 Å². The summed E-state index contributed by atoms with van der Waals surface area (Å²) in [5.74, 6) is 0.0940. The van der Waals surface area contributed by atoms with E-state index in [1.54, 1.807) is 14.2 Å². The second kappa shape index (κ2) is 9.23. The number of ether oxygens (including phenoxy) is 2. The van der Waals surface area contributed by atoms with E-state index in [-0.39, 0.29) is 11.8 Å². The molecule has 0 aromatic heterocycles. The number of carbonyl (C=O) groups is 1. The maximum atomic E-state index is 12.4. The summed E-state index contributed by atoms with van der Waals surface area (Å²) in [6, 6.07) is 7.65. The van der Waals surface area contributed by atoms with Crippen molar-refractivity contribution in [3.05, 3.63) is 34.3 Å². The van der Waals surface area contributed by atoms with E-state index in [2.05, 4.69) is 20.8 Å². The number of methoxy groups -OCH3 is 2. The highest BCUT2D eigenvalue weighted by molar-refractivity contribution is 9.10. The number of nitrogens with zero attached hydrogens (tertiary/aromatic N) is 1. The molecule has 1 aromatic carbocycles. The molecule has 0 radical (unpaired) electrons. The quantitative estimate of drug-likeness (QED) is 0.646. The molecule has 5 heteroatoms. The molecule has 0 amide bonds. The number of halogens is 1. The molecule has 0 saturated heterocycles. The van der Waals surface area contributed by atoms with Crippen LogP contribution in [0.4, 0.5) is 0 Å². The van der Waals surface area contributed by atoms with Gasteiger partial charge in [0.15, 0.2) is 5.78 Å². The molecule has 0 N–H and O–H groups in total. The maximum absolute atomic E-state index is 12.4. The van der Waals surface area contributed by atoms with Crippen molar-refractivity contribution in [1.29, 1.82) is 0 Å². The Bertz CT molecular complexity index is 425. The number of rotatable bonds is 9. The largest absolute Gasteiger partial charge is 0.383 e. The standard InChI is InChI=1S/C15H22BrNO3/c1-12(11-20-3)17(8-9-19-2)10-15(18)13-6-4-5-7-14(13)16/h4-7,12H,8-11H2,1-3H3. The molecular formula is C15H22BrNO3. The van der Waals surface area contributed by atoms with Crippen molar-refractivity contribution in [1.82, 2.24) is 4.90 Å². The Kier molecular flexibility index (Phi) is 7.99. The Labute approximate surface area is 129 Å². The molecule has 1 atom stereocenters. The van der Waals surface area contributed by atoms with Gasteiger partial charge in [0, 0.05) is 36.8 Å². The predicted octanol–water partition coefficient (Wildman–Crippen LogP) is 2.62. The fourth-order valence-corrected chi connectivity index (χ4v) is 2.47. The van der Waals surface area contributed by atoms with Crippen LogP contribution < -0.4 is 0 Å². The molecule has 20 heavy (non-hydrogen) atoms. The highest BCUT2D eigenvalue weighted by atomic mass is 79.9. The van der Waals surface area contributed by atoms with Crippen LogP contribution in [0.1, 0.15) is 17.3 Å². The van der Waals surface area contributed by atoms with Crippen LogP contribution in [-0.4, -0.2) is 57.2 Å². The summed E-state index contributed by atoms with van der Waals surface area (Å²) in [5.41, 5.74) is 0.708. The highest BCUT2D eigenvalue weighted by Gasteiger charge is 2.19. The van der Waals surface area contributed by atoms with Gasteiger partial charge >= 0.3 is 0 Å². The van der Waals surface area contributed by atoms with E-state index in [1.807, 2.05) is 31.2 Å². The lowest BCUT2D eigenvalue weighted by Crippen LogP contribution is -2.41. The fraction of sp³-hybridized carbons (Fsp3) is 0.533. The highest BCUT2D eigenvalue weighted by Crippen LogP contribution is 2.17. The molecule has 112 valence electrons. The average molecular weight is 344 g/mol. The fourth-order valence-electron chi connectivity index (χ4n) is 1.97. The van der Waals surface area contributed by atoms with Crippen LogP contribution in [0, 0.1) is 0 Å². The lowest BCUT2D eigenvalue weighted by atomic mass is 10.1. The van der Waals surface area contributed by atoms with Crippen LogP contribution in [0.15, 0.2) is 28.7 Å². The van der Waals surface area contributed by atoms with Crippen LogP contribution in [0.5, 0.6) is 0 Å². The third-order valence-electron chi connectivity index (χ3n) is 3.13. The van der Waals surface area contributed by atoms with E-state index >= 15 is 0 Å². The van der Waals surface area contributed by atoms with Gasteiger partial charge in [-0.05, 0) is 13.0 Å². The summed E-state index contributed by atoms with van der Waals surface area (Å²) in [6.45, 7) is 4.30. The van der Waals surface area contributed by atoms with E-state index < -0.39 is 0 Å². The van der Waals surface area contributed by atoms with E-state index in [0.717, 1.165) is 4.47 Å². The number of Topliss-reactive ketones (excluding diaryl/α,β-unsaturated/α-hetero) is 1. The number of benzene rings is 1. The Balaban J connectivity index is 2.73.